The second-order valence-corrected chi connectivity index (χ2v) is 5.13. The maximum absolute atomic E-state index is 11.4. The number of nitrogens with zero attached hydrogens (tertiary/aromatic N) is 4. The second-order valence-electron chi connectivity index (χ2n) is 3.83. The highest BCUT2D eigenvalue weighted by molar-refractivity contribution is 8.00. The Morgan fingerprint density at radius 3 is 2.80 bits per heavy atom. The van der Waals surface area contributed by atoms with Gasteiger partial charge < -0.3 is 9.47 Å². The van der Waals surface area contributed by atoms with E-state index in [1.165, 1.54) is 18.9 Å². The van der Waals surface area contributed by atoms with Crippen LogP contribution in [0.25, 0.3) is 5.69 Å². The molecule has 0 saturated heterocycles. The summed E-state index contributed by atoms with van der Waals surface area (Å²) in [6, 6.07) is 3.58. The molecule has 0 spiro atoms. The normalized spacial score (nSPS) is 11.9. The number of rotatable bonds is 5. The van der Waals surface area contributed by atoms with E-state index in [1.54, 1.807) is 37.2 Å². The van der Waals surface area contributed by atoms with Crippen LogP contribution in [0.1, 0.15) is 6.92 Å². The predicted octanol–water partition coefficient (Wildman–Crippen LogP) is 1.32. The molecule has 0 radical (unpaired) electrons. The van der Waals surface area contributed by atoms with Crippen LogP contribution in [0.5, 0.6) is 5.88 Å². The molecule has 0 saturated carbocycles. The molecule has 0 N–H and O–H groups in total. The van der Waals surface area contributed by atoms with Crippen molar-refractivity contribution in [1.82, 2.24) is 19.7 Å². The molecular formula is C12H14N4O3S. The van der Waals surface area contributed by atoms with E-state index < -0.39 is 0 Å². The van der Waals surface area contributed by atoms with Crippen molar-refractivity contribution >= 4 is 17.7 Å². The van der Waals surface area contributed by atoms with Gasteiger partial charge in [-0.15, -0.1) is 10.2 Å². The van der Waals surface area contributed by atoms with Crippen molar-refractivity contribution in [3.8, 4) is 11.6 Å². The number of thioether (sulfide) groups is 1. The molecule has 106 valence electrons. The minimum absolute atomic E-state index is 0.308. The van der Waals surface area contributed by atoms with Crippen LogP contribution in [-0.2, 0) is 9.53 Å². The summed E-state index contributed by atoms with van der Waals surface area (Å²) in [6.45, 7) is 1.75. The molecule has 2 aromatic heterocycles. The van der Waals surface area contributed by atoms with Gasteiger partial charge in [0.1, 0.15) is 11.6 Å². The molecular weight excluding hydrogens is 280 g/mol. The average Bonchev–Trinajstić information content (AvgIpc) is 2.94. The third-order valence-electron chi connectivity index (χ3n) is 2.54. The first-order valence-corrected chi connectivity index (χ1v) is 6.68. The highest BCUT2D eigenvalue weighted by atomic mass is 32.2. The number of pyridine rings is 1. The van der Waals surface area contributed by atoms with Gasteiger partial charge in [0.2, 0.25) is 5.88 Å². The Morgan fingerprint density at radius 1 is 1.40 bits per heavy atom. The Hall–Kier alpha value is -2.09. The molecule has 0 aliphatic heterocycles. The molecule has 20 heavy (non-hydrogen) atoms. The summed E-state index contributed by atoms with van der Waals surface area (Å²) < 4.78 is 11.4. The van der Waals surface area contributed by atoms with E-state index >= 15 is 0 Å². The first-order valence-electron chi connectivity index (χ1n) is 5.80. The first-order chi connectivity index (χ1) is 9.65. The van der Waals surface area contributed by atoms with Gasteiger partial charge in [0.15, 0.2) is 5.16 Å². The Kier molecular flexibility index (Phi) is 4.57. The van der Waals surface area contributed by atoms with Gasteiger partial charge >= 0.3 is 5.97 Å². The number of carbonyl (C=O) groups is 1. The van der Waals surface area contributed by atoms with Crippen molar-refractivity contribution in [1.29, 1.82) is 0 Å². The van der Waals surface area contributed by atoms with Gasteiger partial charge in [-0.3, -0.25) is 9.36 Å². The summed E-state index contributed by atoms with van der Waals surface area (Å²) in [6.07, 6.45) is 3.21. The van der Waals surface area contributed by atoms with Gasteiger partial charge in [-0.25, -0.2) is 4.98 Å². The summed E-state index contributed by atoms with van der Waals surface area (Å²) in [4.78, 5) is 15.6. The van der Waals surface area contributed by atoms with E-state index in [2.05, 4.69) is 15.2 Å². The summed E-state index contributed by atoms with van der Waals surface area (Å²) in [5.74, 6) is 0.219. The summed E-state index contributed by atoms with van der Waals surface area (Å²) in [5, 5.41) is 8.09. The van der Waals surface area contributed by atoms with Crippen LogP contribution >= 0.6 is 11.8 Å². The molecule has 2 heterocycles. The van der Waals surface area contributed by atoms with Crippen molar-refractivity contribution in [2.45, 2.75) is 17.3 Å². The van der Waals surface area contributed by atoms with Crippen molar-refractivity contribution < 1.29 is 14.3 Å². The number of carbonyl (C=O) groups excluding carboxylic acids is 1. The monoisotopic (exact) mass is 294 g/mol. The summed E-state index contributed by atoms with van der Waals surface area (Å²) in [5.41, 5.74) is 0.787. The van der Waals surface area contributed by atoms with Gasteiger partial charge in [-0.2, -0.15) is 0 Å². The number of esters is 1. The fourth-order valence-corrected chi connectivity index (χ4v) is 2.36. The number of ether oxygens (including phenoxy) is 2. The molecule has 0 fully saturated rings. The standard InChI is InChI=1S/C12H14N4O3S/c1-8(11(17)19-3)20-12-15-14-7-16(12)9-4-5-10(18-2)13-6-9/h4-8H,1-3H3/t8-/m1/s1. The van der Waals surface area contributed by atoms with Gasteiger partial charge in [0.05, 0.1) is 26.1 Å². The van der Waals surface area contributed by atoms with Crippen LogP contribution < -0.4 is 4.74 Å². The first kappa shape index (κ1) is 14.3. The van der Waals surface area contributed by atoms with E-state index in [0.29, 0.717) is 11.0 Å². The lowest BCUT2D eigenvalue weighted by Crippen LogP contribution is -2.15. The molecule has 0 amide bonds. The minimum atomic E-state index is -0.367. The zero-order chi connectivity index (χ0) is 14.5. The largest absolute Gasteiger partial charge is 0.481 e. The number of hydrogen-bond donors (Lipinski definition) is 0. The van der Waals surface area contributed by atoms with Gasteiger partial charge in [0, 0.05) is 6.07 Å². The van der Waals surface area contributed by atoms with Gasteiger partial charge in [-0.1, -0.05) is 11.8 Å². The van der Waals surface area contributed by atoms with Gasteiger partial charge in [-0.05, 0) is 13.0 Å². The molecule has 0 unspecified atom stereocenters. The van der Waals surface area contributed by atoms with Crippen LogP contribution in [0.15, 0.2) is 29.8 Å². The third-order valence-corrected chi connectivity index (χ3v) is 3.57. The predicted molar refractivity (Wildman–Crippen MR) is 73.0 cm³/mol. The fourth-order valence-electron chi connectivity index (χ4n) is 1.49. The van der Waals surface area contributed by atoms with Crippen molar-refractivity contribution in [2.75, 3.05) is 14.2 Å². The van der Waals surface area contributed by atoms with Crippen molar-refractivity contribution in [2.24, 2.45) is 0 Å². The van der Waals surface area contributed by atoms with Crippen molar-refractivity contribution in [3.63, 3.8) is 0 Å². The summed E-state index contributed by atoms with van der Waals surface area (Å²) in [7, 11) is 2.91. The molecule has 0 bridgehead atoms. The number of aromatic nitrogens is 4. The quantitative estimate of drug-likeness (QED) is 0.608. The Morgan fingerprint density at radius 2 is 2.20 bits per heavy atom. The Labute approximate surface area is 120 Å². The van der Waals surface area contributed by atoms with E-state index in [9.17, 15) is 4.79 Å². The Balaban J connectivity index is 2.21. The Bertz CT molecular complexity index is 585. The number of hydrogen-bond acceptors (Lipinski definition) is 7. The zero-order valence-electron chi connectivity index (χ0n) is 11.3. The summed E-state index contributed by atoms with van der Waals surface area (Å²) >= 11 is 1.27. The minimum Gasteiger partial charge on any atom is -0.481 e. The fraction of sp³-hybridized carbons (Fsp3) is 0.333. The van der Waals surface area contributed by atoms with Crippen LogP contribution in [0.4, 0.5) is 0 Å². The second kappa shape index (κ2) is 6.38. The van der Waals surface area contributed by atoms with E-state index in [4.69, 9.17) is 9.47 Å². The molecule has 8 heteroatoms. The van der Waals surface area contributed by atoms with Gasteiger partial charge in [0.25, 0.3) is 0 Å². The smallest absolute Gasteiger partial charge is 0.318 e. The topological polar surface area (TPSA) is 79.1 Å². The molecule has 7 nitrogen and oxygen atoms in total. The maximum atomic E-state index is 11.4. The zero-order valence-corrected chi connectivity index (χ0v) is 12.1. The molecule has 0 aliphatic carbocycles. The third kappa shape index (κ3) is 3.08. The lowest BCUT2D eigenvalue weighted by Gasteiger charge is -2.10. The maximum Gasteiger partial charge on any atom is 0.318 e. The lowest BCUT2D eigenvalue weighted by atomic mass is 10.4. The molecule has 0 aromatic carbocycles. The molecule has 0 aliphatic rings. The lowest BCUT2D eigenvalue weighted by molar-refractivity contribution is -0.139. The highest BCUT2D eigenvalue weighted by Crippen LogP contribution is 2.24. The average molecular weight is 294 g/mol. The molecule has 1 atom stereocenters. The SMILES string of the molecule is COC(=O)[C@@H](C)Sc1nncn1-c1ccc(OC)nc1. The van der Waals surface area contributed by atoms with Crippen LogP contribution in [0.3, 0.4) is 0 Å². The van der Waals surface area contributed by atoms with E-state index in [1.807, 2.05) is 6.07 Å². The number of methoxy groups -OCH3 is 2. The van der Waals surface area contributed by atoms with Crippen LogP contribution in [-0.4, -0.2) is 45.2 Å². The molecule has 2 rings (SSSR count). The van der Waals surface area contributed by atoms with Crippen LogP contribution in [0, 0.1) is 0 Å². The van der Waals surface area contributed by atoms with E-state index in [-0.39, 0.29) is 11.2 Å². The van der Waals surface area contributed by atoms with Crippen LogP contribution in [0.2, 0.25) is 0 Å². The van der Waals surface area contributed by atoms with E-state index in [0.717, 1.165) is 5.69 Å². The van der Waals surface area contributed by atoms with Crippen molar-refractivity contribution in [3.05, 3.63) is 24.7 Å². The highest BCUT2D eigenvalue weighted by Gasteiger charge is 2.18. The molecule has 2 aromatic rings.